The standard InChI is InChI=1S/C19H20BrN3O3/c1-22-17-13(8-12(19(24)26-3)9-15(17)25-2)21-18(22)14-6-7-16(20)23(14)10-11-4-5-11/h6-9,11H,4-5,10H2,1-3H3. The molecular weight excluding hydrogens is 398 g/mol. The normalized spacial score (nSPS) is 14.0. The highest BCUT2D eigenvalue weighted by molar-refractivity contribution is 9.10. The van der Waals surface area contributed by atoms with Crippen LogP contribution < -0.4 is 4.74 Å². The van der Waals surface area contributed by atoms with E-state index in [1.54, 1.807) is 19.2 Å². The molecule has 0 amide bonds. The van der Waals surface area contributed by atoms with Gasteiger partial charge >= 0.3 is 5.97 Å². The van der Waals surface area contributed by atoms with Crippen molar-refractivity contribution in [1.29, 1.82) is 0 Å². The Morgan fingerprint density at radius 2 is 2.08 bits per heavy atom. The number of methoxy groups -OCH3 is 2. The molecule has 2 aromatic heterocycles. The number of carbonyl (C=O) groups is 1. The van der Waals surface area contributed by atoms with Gasteiger partial charge in [-0.15, -0.1) is 0 Å². The predicted octanol–water partition coefficient (Wildman–Crippen LogP) is 4.01. The maximum atomic E-state index is 11.9. The molecule has 6 nitrogen and oxygen atoms in total. The summed E-state index contributed by atoms with van der Waals surface area (Å²) in [6.45, 7) is 0.983. The fraction of sp³-hybridized carbons (Fsp3) is 0.368. The first kappa shape index (κ1) is 17.1. The van der Waals surface area contributed by atoms with E-state index in [-0.39, 0.29) is 0 Å². The van der Waals surface area contributed by atoms with Crippen molar-refractivity contribution in [3.8, 4) is 17.3 Å². The average molecular weight is 418 g/mol. The van der Waals surface area contributed by atoms with Crippen LogP contribution in [0.15, 0.2) is 28.9 Å². The number of hydrogen-bond donors (Lipinski definition) is 0. The lowest BCUT2D eigenvalue weighted by molar-refractivity contribution is 0.0600. The van der Waals surface area contributed by atoms with Crippen molar-refractivity contribution in [3.63, 3.8) is 0 Å². The second-order valence-corrected chi connectivity index (χ2v) is 7.44. The number of imidazole rings is 1. The van der Waals surface area contributed by atoms with E-state index in [9.17, 15) is 4.79 Å². The minimum Gasteiger partial charge on any atom is -0.494 e. The number of rotatable bonds is 5. The minimum absolute atomic E-state index is 0.405. The van der Waals surface area contributed by atoms with Gasteiger partial charge in [0.2, 0.25) is 0 Å². The maximum absolute atomic E-state index is 11.9. The van der Waals surface area contributed by atoms with Gasteiger partial charge in [0.25, 0.3) is 0 Å². The molecular formula is C19H20BrN3O3. The van der Waals surface area contributed by atoms with Crippen molar-refractivity contribution in [1.82, 2.24) is 14.1 Å². The molecule has 2 heterocycles. The zero-order valence-electron chi connectivity index (χ0n) is 15.0. The number of esters is 1. The second kappa shape index (κ2) is 6.46. The summed E-state index contributed by atoms with van der Waals surface area (Å²) in [6, 6.07) is 7.56. The Balaban J connectivity index is 1.89. The Kier molecular flexibility index (Phi) is 4.26. The monoisotopic (exact) mass is 417 g/mol. The van der Waals surface area contributed by atoms with Crippen molar-refractivity contribution in [3.05, 3.63) is 34.4 Å². The summed E-state index contributed by atoms with van der Waals surface area (Å²) in [5.41, 5.74) is 3.03. The van der Waals surface area contributed by atoms with Gasteiger partial charge in [-0.1, -0.05) is 0 Å². The molecule has 0 radical (unpaired) electrons. The smallest absolute Gasteiger partial charge is 0.338 e. The van der Waals surface area contributed by atoms with Gasteiger partial charge in [-0.05, 0) is 59.0 Å². The average Bonchev–Trinajstić information content (AvgIpc) is 3.32. The number of carbonyl (C=O) groups excluding carboxylic acids is 1. The first-order chi connectivity index (χ1) is 12.5. The van der Waals surface area contributed by atoms with Crippen LogP contribution in [0, 0.1) is 5.92 Å². The van der Waals surface area contributed by atoms with Crippen LogP contribution in [-0.4, -0.2) is 34.3 Å². The maximum Gasteiger partial charge on any atom is 0.338 e. The van der Waals surface area contributed by atoms with Crippen LogP contribution in [0.1, 0.15) is 23.2 Å². The molecule has 7 heteroatoms. The highest BCUT2D eigenvalue weighted by Gasteiger charge is 2.25. The fourth-order valence-corrected chi connectivity index (χ4v) is 3.78. The first-order valence-electron chi connectivity index (χ1n) is 8.51. The van der Waals surface area contributed by atoms with Crippen molar-refractivity contribution < 1.29 is 14.3 Å². The highest BCUT2D eigenvalue weighted by atomic mass is 79.9. The molecule has 0 atom stereocenters. The molecule has 3 aromatic rings. The predicted molar refractivity (Wildman–Crippen MR) is 102 cm³/mol. The number of aromatic nitrogens is 3. The highest BCUT2D eigenvalue weighted by Crippen LogP contribution is 2.36. The van der Waals surface area contributed by atoms with E-state index in [1.807, 2.05) is 17.7 Å². The van der Waals surface area contributed by atoms with Gasteiger partial charge in [0, 0.05) is 13.6 Å². The molecule has 1 aliphatic rings. The molecule has 1 fully saturated rings. The molecule has 1 aliphatic carbocycles. The van der Waals surface area contributed by atoms with Crippen LogP contribution in [0.4, 0.5) is 0 Å². The van der Waals surface area contributed by atoms with Gasteiger partial charge in [0.15, 0.2) is 5.82 Å². The van der Waals surface area contributed by atoms with Crippen LogP contribution in [0.5, 0.6) is 5.75 Å². The van der Waals surface area contributed by atoms with E-state index in [4.69, 9.17) is 14.5 Å². The van der Waals surface area contributed by atoms with Gasteiger partial charge in [-0.2, -0.15) is 0 Å². The van der Waals surface area contributed by atoms with Crippen LogP contribution in [0.3, 0.4) is 0 Å². The summed E-state index contributed by atoms with van der Waals surface area (Å²) >= 11 is 3.65. The lowest BCUT2D eigenvalue weighted by Crippen LogP contribution is -2.05. The Morgan fingerprint density at radius 3 is 2.73 bits per heavy atom. The van der Waals surface area contributed by atoms with E-state index in [2.05, 4.69) is 26.6 Å². The van der Waals surface area contributed by atoms with E-state index in [0.29, 0.717) is 16.8 Å². The van der Waals surface area contributed by atoms with Gasteiger partial charge in [0.05, 0.1) is 35.6 Å². The Hall–Kier alpha value is -2.28. The largest absolute Gasteiger partial charge is 0.494 e. The molecule has 1 aromatic carbocycles. The molecule has 0 aliphatic heterocycles. The molecule has 136 valence electrons. The molecule has 0 spiro atoms. The first-order valence-corrected chi connectivity index (χ1v) is 9.31. The van der Waals surface area contributed by atoms with Crippen molar-refractivity contribution in [2.75, 3.05) is 14.2 Å². The van der Waals surface area contributed by atoms with Gasteiger partial charge < -0.3 is 18.6 Å². The Morgan fingerprint density at radius 1 is 1.31 bits per heavy atom. The number of ether oxygens (including phenoxy) is 2. The number of halogens is 1. The summed E-state index contributed by atoms with van der Waals surface area (Å²) in [5.74, 6) is 1.78. The van der Waals surface area contributed by atoms with Gasteiger partial charge in [-0.25, -0.2) is 9.78 Å². The summed E-state index contributed by atoms with van der Waals surface area (Å²) in [6.07, 6.45) is 2.56. The minimum atomic E-state index is -0.405. The van der Waals surface area contributed by atoms with Crippen molar-refractivity contribution in [2.24, 2.45) is 13.0 Å². The fourth-order valence-electron chi connectivity index (χ4n) is 3.31. The summed E-state index contributed by atoms with van der Waals surface area (Å²) in [4.78, 5) is 16.8. The molecule has 0 bridgehead atoms. The lowest BCUT2D eigenvalue weighted by atomic mass is 10.2. The molecule has 4 rings (SSSR count). The molecule has 26 heavy (non-hydrogen) atoms. The quantitative estimate of drug-likeness (QED) is 0.588. The Bertz CT molecular complexity index is 1000. The Labute approximate surface area is 159 Å². The topological polar surface area (TPSA) is 58.3 Å². The van der Waals surface area contributed by atoms with Crippen LogP contribution in [0.25, 0.3) is 22.6 Å². The number of fused-ring (bicyclic) bond motifs is 1. The molecule has 0 saturated heterocycles. The molecule has 0 unspecified atom stereocenters. The van der Waals surface area contributed by atoms with Gasteiger partial charge in [0.1, 0.15) is 11.3 Å². The van der Waals surface area contributed by atoms with Crippen molar-refractivity contribution >= 4 is 32.9 Å². The van der Waals surface area contributed by atoms with Crippen LogP contribution in [0.2, 0.25) is 0 Å². The van der Waals surface area contributed by atoms with E-state index < -0.39 is 5.97 Å². The van der Waals surface area contributed by atoms with Gasteiger partial charge in [-0.3, -0.25) is 0 Å². The van der Waals surface area contributed by atoms with E-state index in [0.717, 1.165) is 34.1 Å². The van der Waals surface area contributed by atoms with Crippen LogP contribution in [-0.2, 0) is 18.3 Å². The number of aryl methyl sites for hydroxylation is 1. The number of benzene rings is 1. The lowest BCUT2D eigenvalue weighted by Gasteiger charge is -2.11. The van der Waals surface area contributed by atoms with E-state index in [1.165, 1.54) is 20.0 Å². The van der Waals surface area contributed by atoms with Crippen LogP contribution >= 0.6 is 15.9 Å². The third kappa shape index (κ3) is 2.80. The summed E-state index contributed by atoms with van der Waals surface area (Å²) in [7, 11) is 4.92. The summed E-state index contributed by atoms with van der Waals surface area (Å²) in [5, 5.41) is 0. The van der Waals surface area contributed by atoms with E-state index >= 15 is 0 Å². The number of hydrogen-bond acceptors (Lipinski definition) is 4. The second-order valence-electron chi connectivity index (χ2n) is 6.63. The summed E-state index contributed by atoms with van der Waals surface area (Å²) < 4.78 is 15.7. The zero-order chi connectivity index (χ0) is 18.4. The molecule has 0 N–H and O–H groups in total. The zero-order valence-corrected chi connectivity index (χ0v) is 16.5. The third-order valence-electron chi connectivity index (χ3n) is 4.87. The van der Waals surface area contributed by atoms with Crippen molar-refractivity contribution in [2.45, 2.75) is 19.4 Å². The third-order valence-corrected chi connectivity index (χ3v) is 5.56. The molecule has 1 saturated carbocycles. The SMILES string of the molecule is COC(=O)c1cc(OC)c2c(c1)nc(-c1ccc(Br)n1CC1CC1)n2C. The number of nitrogens with zero attached hydrogens (tertiary/aromatic N) is 3.